The fraction of sp³-hybridized carbons (Fsp3) is 0.0769. The standard InChI is InChI=1S/C13H13N5O/c1-9-3-2-4-10(7-9)19-13-12-15-5-6-18(12)8-11(16-13)17-14/h2-8,17H,14H2,1H3. The van der Waals surface area contributed by atoms with Gasteiger partial charge in [-0.3, -0.25) is 4.40 Å². The van der Waals surface area contributed by atoms with Gasteiger partial charge < -0.3 is 10.2 Å². The Bertz CT molecular complexity index is 722. The van der Waals surface area contributed by atoms with E-state index < -0.39 is 0 Å². The summed E-state index contributed by atoms with van der Waals surface area (Å²) in [4.78, 5) is 8.49. The fourth-order valence-corrected chi connectivity index (χ4v) is 1.83. The molecule has 3 rings (SSSR count). The second-order valence-corrected chi connectivity index (χ2v) is 4.15. The molecule has 0 aliphatic carbocycles. The number of anilines is 1. The summed E-state index contributed by atoms with van der Waals surface area (Å²) in [6.07, 6.45) is 5.23. The number of fused-ring (bicyclic) bond motifs is 1. The second-order valence-electron chi connectivity index (χ2n) is 4.15. The highest BCUT2D eigenvalue weighted by molar-refractivity contribution is 5.54. The number of rotatable bonds is 3. The summed E-state index contributed by atoms with van der Waals surface area (Å²) in [5.41, 5.74) is 4.26. The molecule has 0 saturated heterocycles. The molecule has 0 saturated carbocycles. The lowest BCUT2D eigenvalue weighted by Crippen LogP contribution is -2.10. The number of nitrogens with two attached hydrogens (primary N) is 1. The van der Waals surface area contributed by atoms with Crippen molar-refractivity contribution >= 4 is 11.5 Å². The molecule has 19 heavy (non-hydrogen) atoms. The van der Waals surface area contributed by atoms with E-state index in [-0.39, 0.29) is 0 Å². The number of aromatic nitrogens is 3. The van der Waals surface area contributed by atoms with E-state index in [4.69, 9.17) is 10.6 Å². The monoisotopic (exact) mass is 255 g/mol. The van der Waals surface area contributed by atoms with E-state index >= 15 is 0 Å². The lowest BCUT2D eigenvalue weighted by Gasteiger charge is -2.08. The predicted octanol–water partition coefficient (Wildman–Crippen LogP) is 2.12. The molecule has 3 N–H and O–H groups in total. The maximum Gasteiger partial charge on any atom is 0.265 e. The molecule has 2 aromatic heterocycles. The lowest BCUT2D eigenvalue weighted by molar-refractivity contribution is 0.465. The van der Waals surface area contributed by atoms with Gasteiger partial charge in [-0.1, -0.05) is 12.1 Å². The molecule has 0 aliphatic heterocycles. The number of nitrogen functional groups attached to an aromatic ring is 1. The van der Waals surface area contributed by atoms with E-state index in [1.807, 2.05) is 31.2 Å². The van der Waals surface area contributed by atoms with Gasteiger partial charge in [-0.2, -0.15) is 4.98 Å². The predicted molar refractivity (Wildman–Crippen MR) is 72.1 cm³/mol. The number of aryl methyl sites for hydroxylation is 1. The highest BCUT2D eigenvalue weighted by Crippen LogP contribution is 2.25. The molecule has 0 atom stereocenters. The summed E-state index contributed by atoms with van der Waals surface area (Å²) >= 11 is 0. The molecule has 96 valence electrons. The summed E-state index contributed by atoms with van der Waals surface area (Å²) < 4.78 is 7.58. The van der Waals surface area contributed by atoms with Gasteiger partial charge in [0, 0.05) is 12.4 Å². The number of benzene rings is 1. The van der Waals surface area contributed by atoms with Gasteiger partial charge in [0.15, 0.2) is 5.82 Å². The van der Waals surface area contributed by atoms with E-state index in [9.17, 15) is 0 Å². The molecule has 0 bridgehead atoms. The summed E-state index contributed by atoms with van der Waals surface area (Å²) in [5.74, 6) is 7.02. The third-order valence-corrected chi connectivity index (χ3v) is 2.70. The second kappa shape index (κ2) is 4.58. The summed E-state index contributed by atoms with van der Waals surface area (Å²) in [7, 11) is 0. The Labute approximate surface area is 109 Å². The summed E-state index contributed by atoms with van der Waals surface area (Å²) in [5, 5.41) is 0. The van der Waals surface area contributed by atoms with Crippen LogP contribution in [0.5, 0.6) is 11.6 Å². The van der Waals surface area contributed by atoms with Crippen LogP contribution in [0.25, 0.3) is 5.65 Å². The van der Waals surface area contributed by atoms with Crippen LogP contribution < -0.4 is 16.0 Å². The summed E-state index contributed by atoms with van der Waals surface area (Å²) in [6.45, 7) is 2.00. The maximum absolute atomic E-state index is 5.78. The van der Waals surface area contributed by atoms with Crippen molar-refractivity contribution < 1.29 is 4.74 Å². The average molecular weight is 255 g/mol. The summed E-state index contributed by atoms with van der Waals surface area (Å²) in [6, 6.07) is 7.74. The molecule has 0 fully saturated rings. The molecule has 2 heterocycles. The molecule has 0 spiro atoms. The molecule has 6 nitrogen and oxygen atoms in total. The molecule has 1 aromatic carbocycles. The Balaban J connectivity index is 2.06. The van der Waals surface area contributed by atoms with E-state index in [2.05, 4.69) is 15.4 Å². The minimum absolute atomic E-state index is 0.408. The van der Waals surface area contributed by atoms with Crippen LogP contribution in [-0.2, 0) is 0 Å². The zero-order chi connectivity index (χ0) is 13.2. The van der Waals surface area contributed by atoms with E-state index in [1.54, 1.807) is 23.0 Å². The van der Waals surface area contributed by atoms with Gasteiger partial charge in [0.25, 0.3) is 5.88 Å². The van der Waals surface area contributed by atoms with Crippen molar-refractivity contribution in [3.8, 4) is 11.6 Å². The van der Waals surface area contributed by atoms with Gasteiger partial charge in [0.05, 0.1) is 6.20 Å². The van der Waals surface area contributed by atoms with Crippen molar-refractivity contribution in [3.63, 3.8) is 0 Å². The molecule has 0 unspecified atom stereocenters. The zero-order valence-corrected chi connectivity index (χ0v) is 10.4. The SMILES string of the molecule is Cc1cccc(Oc2nc(NN)cn3ccnc23)c1. The van der Waals surface area contributed by atoms with Gasteiger partial charge in [0.2, 0.25) is 5.65 Å². The number of nitrogens with one attached hydrogen (secondary N) is 1. The number of nitrogens with zero attached hydrogens (tertiary/aromatic N) is 3. The molecular weight excluding hydrogens is 242 g/mol. The molecule has 3 aromatic rings. The van der Waals surface area contributed by atoms with Crippen molar-refractivity contribution in [3.05, 3.63) is 48.4 Å². The Kier molecular flexibility index (Phi) is 2.77. The average Bonchev–Trinajstić information content (AvgIpc) is 2.87. The van der Waals surface area contributed by atoms with Crippen LogP contribution in [0.2, 0.25) is 0 Å². The van der Waals surface area contributed by atoms with Gasteiger partial charge in [-0.05, 0) is 24.6 Å². The van der Waals surface area contributed by atoms with Gasteiger partial charge in [0.1, 0.15) is 5.75 Å². The van der Waals surface area contributed by atoms with E-state index in [1.165, 1.54) is 0 Å². The van der Waals surface area contributed by atoms with Crippen molar-refractivity contribution in [2.24, 2.45) is 5.84 Å². The third-order valence-electron chi connectivity index (χ3n) is 2.70. The van der Waals surface area contributed by atoms with Gasteiger partial charge in [-0.25, -0.2) is 10.8 Å². The van der Waals surface area contributed by atoms with Crippen molar-refractivity contribution in [1.29, 1.82) is 0 Å². The Morgan fingerprint density at radius 2 is 2.26 bits per heavy atom. The van der Waals surface area contributed by atoms with Crippen LogP contribution >= 0.6 is 0 Å². The highest BCUT2D eigenvalue weighted by atomic mass is 16.5. The van der Waals surface area contributed by atoms with Gasteiger partial charge in [-0.15, -0.1) is 0 Å². The molecule has 0 radical (unpaired) electrons. The fourth-order valence-electron chi connectivity index (χ4n) is 1.83. The largest absolute Gasteiger partial charge is 0.436 e. The Hall–Kier alpha value is -2.60. The molecule has 6 heteroatoms. The third kappa shape index (κ3) is 2.21. The number of ether oxygens (including phenoxy) is 1. The van der Waals surface area contributed by atoms with Gasteiger partial charge >= 0.3 is 0 Å². The van der Waals surface area contributed by atoms with Crippen LogP contribution in [0.1, 0.15) is 5.56 Å². The van der Waals surface area contributed by atoms with Crippen LogP contribution in [-0.4, -0.2) is 14.4 Å². The normalized spacial score (nSPS) is 10.6. The first-order chi connectivity index (χ1) is 9.26. The van der Waals surface area contributed by atoms with Crippen LogP contribution in [0.4, 0.5) is 5.82 Å². The highest BCUT2D eigenvalue weighted by Gasteiger charge is 2.09. The van der Waals surface area contributed by atoms with Crippen molar-refractivity contribution in [1.82, 2.24) is 14.4 Å². The lowest BCUT2D eigenvalue weighted by atomic mass is 10.2. The van der Waals surface area contributed by atoms with Crippen molar-refractivity contribution in [2.75, 3.05) is 5.43 Å². The first-order valence-electron chi connectivity index (χ1n) is 5.81. The topological polar surface area (TPSA) is 77.5 Å². The number of hydrogen-bond acceptors (Lipinski definition) is 5. The maximum atomic E-state index is 5.78. The van der Waals surface area contributed by atoms with Crippen LogP contribution in [0, 0.1) is 6.92 Å². The Morgan fingerprint density at radius 1 is 1.37 bits per heavy atom. The minimum atomic E-state index is 0.408. The zero-order valence-electron chi connectivity index (χ0n) is 10.4. The number of hydrazine groups is 1. The van der Waals surface area contributed by atoms with Crippen molar-refractivity contribution in [2.45, 2.75) is 6.92 Å². The first kappa shape index (κ1) is 11.5. The molecule has 0 amide bonds. The number of imidazole rings is 1. The van der Waals surface area contributed by atoms with E-state index in [0.29, 0.717) is 23.1 Å². The quantitative estimate of drug-likeness (QED) is 0.553. The number of hydrogen-bond donors (Lipinski definition) is 2. The molecule has 0 aliphatic rings. The smallest absolute Gasteiger partial charge is 0.265 e. The minimum Gasteiger partial charge on any atom is -0.436 e. The van der Waals surface area contributed by atoms with E-state index in [0.717, 1.165) is 5.56 Å². The Morgan fingerprint density at radius 3 is 3.05 bits per heavy atom. The molecular formula is C13H13N5O. The van der Waals surface area contributed by atoms with Crippen LogP contribution in [0.3, 0.4) is 0 Å². The van der Waals surface area contributed by atoms with Crippen LogP contribution in [0.15, 0.2) is 42.9 Å². The first-order valence-corrected chi connectivity index (χ1v) is 5.81.